The zero-order chi connectivity index (χ0) is 30.0. The maximum absolute atomic E-state index is 16.0. The predicted octanol–water partition coefficient (Wildman–Crippen LogP) is 3.44. The number of nitrogens with zero attached hydrogens (tertiary/aromatic N) is 5. The first-order valence-electron chi connectivity index (χ1n) is 14.5. The van der Waals surface area contributed by atoms with E-state index in [1.54, 1.807) is 9.47 Å². The predicted molar refractivity (Wildman–Crippen MR) is 158 cm³/mol. The van der Waals surface area contributed by atoms with Crippen molar-refractivity contribution >= 4 is 39.9 Å². The molecule has 0 bridgehead atoms. The number of rotatable bonds is 7. The highest BCUT2D eigenvalue weighted by atomic mass is 19.1. The van der Waals surface area contributed by atoms with Gasteiger partial charge in [0.25, 0.3) is 5.91 Å². The number of pyridine rings is 1. The molecule has 1 saturated carbocycles. The van der Waals surface area contributed by atoms with Gasteiger partial charge in [-0.25, -0.2) is 9.18 Å². The van der Waals surface area contributed by atoms with Crippen molar-refractivity contribution in [1.82, 2.24) is 9.47 Å². The van der Waals surface area contributed by atoms with E-state index in [1.165, 1.54) is 20.4 Å². The number of likely N-dealkylation sites (tertiary alicyclic amines) is 1. The van der Waals surface area contributed by atoms with Crippen LogP contribution in [-0.2, 0) is 9.63 Å². The van der Waals surface area contributed by atoms with Crippen molar-refractivity contribution in [1.29, 1.82) is 0 Å². The third kappa shape index (κ3) is 4.34. The fourth-order valence-electron chi connectivity index (χ4n) is 7.12. The Bertz CT molecular complexity index is 1750. The second-order valence-corrected chi connectivity index (χ2v) is 11.7. The van der Waals surface area contributed by atoms with Crippen LogP contribution in [0.1, 0.15) is 47.6 Å². The van der Waals surface area contributed by atoms with Gasteiger partial charge in [-0.1, -0.05) is 23.4 Å². The molecule has 1 aromatic heterocycles. The van der Waals surface area contributed by atoms with Crippen LogP contribution in [0, 0.1) is 11.7 Å². The zero-order valence-corrected chi connectivity index (χ0v) is 24.0. The highest BCUT2D eigenvalue weighted by Gasteiger charge is 2.44. The number of piperidine rings is 1. The number of amides is 1. The molecule has 3 aliphatic heterocycles. The topological polar surface area (TPSA) is 117 Å². The maximum Gasteiger partial charge on any atom is 0.341 e. The van der Waals surface area contributed by atoms with E-state index < -0.39 is 17.2 Å². The van der Waals surface area contributed by atoms with Gasteiger partial charge in [-0.3, -0.25) is 19.4 Å². The molecule has 4 aliphatic rings. The largest absolute Gasteiger partial charge is 0.492 e. The number of carboxylic acid groups (broad SMARTS) is 1. The molecule has 4 heterocycles. The number of benzene rings is 2. The summed E-state index contributed by atoms with van der Waals surface area (Å²) < 4.78 is 23.6. The smallest absolute Gasteiger partial charge is 0.341 e. The molecule has 43 heavy (non-hydrogen) atoms. The van der Waals surface area contributed by atoms with Crippen LogP contribution in [0.25, 0.3) is 10.9 Å². The summed E-state index contributed by atoms with van der Waals surface area (Å²) in [6, 6.07) is 8.75. The number of halogens is 1. The Morgan fingerprint density at radius 2 is 1.93 bits per heavy atom. The van der Waals surface area contributed by atoms with Gasteiger partial charge >= 0.3 is 5.97 Å². The first kappa shape index (κ1) is 27.4. The molecule has 1 N–H and O–H groups in total. The number of hydrogen-bond acceptors (Lipinski definition) is 8. The van der Waals surface area contributed by atoms with Gasteiger partial charge in [-0.05, 0) is 43.7 Å². The second kappa shape index (κ2) is 10.4. The number of carboxylic acids is 1. The molecule has 2 atom stereocenters. The standard InChI is InChI=1S/C31H32FN5O6/c1-42-29-26-20(28(38)21(31(40)41)14-36(26)18-9-10-18)12-22(32)27(29)35-13-17-6-5-11-34(24(17)15-35)16-37-23-8-4-3-7-19(23)25(30(37)39)33-43-2/h3-4,7-8,12,14,17-18,24H,5-6,9-11,13,15-16H2,1-2H3,(H,40,41)/b33-25-/t17-,24+/m0/s1. The molecule has 2 aromatic carbocycles. The molecule has 3 aromatic rings. The lowest BCUT2D eigenvalue weighted by molar-refractivity contribution is -0.113. The molecular weight excluding hydrogens is 557 g/mol. The first-order chi connectivity index (χ1) is 20.8. The summed E-state index contributed by atoms with van der Waals surface area (Å²) in [5.74, 6) is -1.71. The lowest BCUT2D eigenvalue weighted by Crippen LogP contribution is -2.51. The summed E-state index contributed by atoms with van der Waals surface area (Å²) in [6.07, 6.45) is 4.95. The number of aromatic nitrogens is 1. The number of aromatic carboxylic acids is 1. The lowest BCUT2D eigenvalue weighted by atomic mass is 9.92. The number of ether oxygens (including phenoxy) is 1. The zero-order valence-electron chi connectivity index (χ0n) is 24.0. The van der Waals surface area contributed by atoms with E-state index in [0.29, 0.717) is 25.3 Å². The molecule has 2 saturated heterocycles. The molecule has 1 aliphatic carbocycles. The van der Waals surface area contributed by atoms with E-state index in [4.69, 9.17) is 9.57 Å². The van der Waals surface area contributed by atoms with Gasteiger partial charge in [0.2, 0.25) is 5.43 Å². The quantitative estimate of drug-likeness (QED) is 0.417. The fourth-order valence-corrected chi connectivity index (χ4v) is 7.12. The number of hydrogen-bond donors (Lipinski definition) is 1. The minimum atomic E-state index is -1.34. The van der Waals surface area contributed by atoms with Crippen molar-refractivity contribution in [2.24, 2.45) is 11.1 Å². The number of carbonyl (C=O) groups excluding carboxylic acids is 1. The second-order valence-electron chi connectivity index (χ2n) is 11.7. The number of fused-ring (bicyclic) bond motifs is 3. The third-order valence-corrected chi connectivity index (χ3v) is 9.19. The van der Waals surface area contributed by atoms with Crippen LogP contribution in [0.5, 0.6) is 5.75 Å². The van der Waals surface area contributed by atoms with Gasteiger partial charge in [-0.15, -0.1) is 0 Å². The molecule has 12 heteroatoms. The summed E-state index contributed by atoms with van der Waals surface area (Å²) >= 11 is 0. The van der Waals surface area contributed by atoms with Gasteiger partial charge in [-0.2, -0.15) is 0 Å². The first-order valence-corrected chi connectivity index (χ1v) is 14.5. The van der Waals surface area contributed by atoms with Crippen LogP contribution in [-0.4, -0.2) is 78.7 Å². The Hall–Kier alpha value is -4.45. The van der Waals surface area contributed by atoms with Crippen molar-refractivity contribution in [2.75, 3.05) is 50.3 Å². The summed E-state index contributed by atoms with van der Waals surface area (Å²) in [4.78, 5) is 49.3. The average Bonchev–Trinajstić information content (AvgIpc) is 3.70. The van der Waals surface area contributed by atoms with E-state index in [9.17, 15) is 19.5 Å². The molecule has 1 amide bonds. The van der Waals surface area contributed by atoms with E-state index >= 15 is 4.39 Å². The van der Waals surface area contributed by atoms with E-state index in [2.05, 4.69) is 10.1 Å². The van der Waals surface area contributed by atoms with Crippen LogP contribution >= 0.6 is 0 Å². The molecular formula is C31H32FN5O6. The number of carbonyl (C=O) groups is 2. The Kier molecular flexibility index (Phi) is 6.60. The monoisotopic (exact) mass is 589 g/mol. The number of para-hydroxylation sites is 1. The van der Waals surface area contributed by atoms with Crippen molar-refractivity contribution in [3.63, 3.8) is 0 Å². The number of anilines is 2. The Morgan fingerprint density at radius 3 is 2.65 bits per heavy atom. The van der Waals surface area contributed by atoms with Crippen molar-refractivity contribution in [3.05, 3.63) is 63.7 Å². The van der Waals surface area contributed by atoms with Crippen LogP contribution in [0.15, 0.2) is 46.5 Å². The third-order valence-electron chi connectivity index (χ3n) is 9.19. The van der Waals surface area contributed by atoms with Gasteiger partial charge in [0.15, 0.2) is 17.3 Å². The molecule has 3 fully saturated rings. The summed E-state index contributed by atoms with van der Waals surface area (Å²) in [6.45, 7) is 2.24. The van der Waals surface area contributed by atoms with Crippen LogP contribution in [0.3, 0.4) is 0 Å². The van der Waals surface area contributed by atoms with E-state index in [-0.39, 0.29) is 52.0 Å². The normalized spacial score (nSPS) is 22.8. The Morgan fingerprint density at radius 1 is 1.14 bits per heavy atom. The summed E-state index contributed by atoms with van der Waals surface area (Å²) in [5, 5.41) is 13.6. The SMILES string of the molecule is CO/N=C1\C(=O)N(CN2CCC[C@H]3CN(c4c(F)cc5c(=O)c(C(=O)O)cn(C6CC6)c5c4OC)C[C@H]32)c2ccccc21. The highest BCUT2D eigenvalue weighted by Crippen LogP contribution is 2.46. The van der Waals surface area contributed by atoms with Gasteiger partial charge in [0.1, 0.15) is 18.4 Å². The van der Waals surface area contributed by atoms with Crippen LogP contribution < -0.4 is 20.0 Å². The van der Waals surface area contributed by atoms with Crippen LogP contribution in [0.2, 0.25) is 0 Å². The minimum Gasteiger partial charge on any atom is -0.492 e. The van der Waals surface area contributed by atoms with Gasteiger partial charge in [0.05, 0.1) is 30.4 Å². The Balaban J connectivity index is 1.24. The molecule has 0 spiro atoms. The van der Waals surface area contributed by atoms with Crippen molar-refractivity contribution in [2.45, 2.75) is 37.8 Å². The fraction of sp³-hybridized carbons (Fsp3) is 0.419. The van der Waals surface area contributed by atoms with E-state index in [1.807, 2.05) is 29.2 Å². The maximum atomic E-state index is 16.0. The van der Waals surface area contributed by atoms with Gasteiger partial charge < -0.3 is 24.1 Å². The number of oxime groups is 1. The van der Waals surface area contributed by atoms with Gasteiger partial charge in [0, 0.05) is 43.5 Å². The Labute approximate surface area is 246 Å². The molecule has 7 rings (SSSR count). The van der Waals surface area contributed by atoms with Crippen molar-refractivity contribution < 1.29 is 28.7 Å². The van der Waals surface area contributed by atoms with Crippen molar-refractivity contribution in [3.8, 4) is 5.75 Å². The molecule has 11 nitrogen and oxygen atoms in total. The minimum absolute atomic E-state index is 0.00267. The van der Waals surface area contributed by atoms with E-state index in [0.717, 1.165) is 49.5 Å². The lowest BCUT2D eigenvalue weighted by Gasteiger charge is -2.38. The number of methoxy groups -OCH3 is 1. The highest BCUT2D eigenvalue weighted by molar-refractivity contribution is 6.54. The molecule has 0 radical (unpaired) electrons. The summed E-state index contributed by atoms with van der Waals surface area (Å²) in [7, 11) is 2.87. The molecule has 0 unspecified atom stereocenters. The summed E-state index contributed by atoms with van der Waals surface area (Å²) in [5.41, 5.74) is 1.37. The molecule has 224 valence electrons. The van der Waals surface area contributed by atoms with Crippen LogP contribution in [0.4, 0.5) is 15.8 Å². The average molecular weight is 590 g/mol.